The molecule has 0 aromatic heterocycles. The van der Waals surface area contributed by atoms with E-state index in [9.17, 15) is 13.2 Å². The number of hydrogen-bond acceptors (Lipinski definition) is 3. The highest BCUT2D eigenvalue weighted by molar-refractivity contribution is 7.88. The summed E-state index contributed by atoms with van der Waals surface area (Å²) in [5, 5.41) is 5.30. The van der Waals surface area contributed by atoms with E-state index >= 15 is 0 Å². The fourth-order valence-electron chi connectivity index (χ4n) is 1.68. The Labute approximate surface area is 120 Å². The predicted molar refractivity (Wildman–Crippen MR) is 80.2 cm³/mol. The van der Waals surface area contributed by atoms with E-state index in [1.54, 1.807) is 12.1 Å². The third-order valence-corrected chi connectivity index (χ3v) is 3.92. The van der Waals surface area contributed by atoms with E-state index in [0.29, 0.717) is 12.2 Å². The molecule has 0 spiro atoms. The number of rotatable bonds is 7. The van der Waals surface area contributed by atoms with Crippen LogP contribution < -0.4 is 10.6 Å². The third-order valence-electron chi connectivity index (χ3n) is 2.62. The zero-order valence-electron chi connectivity index (χ0n) is 11.8. The summed E-state index contributed by atoms with van der Waals surface area (Å²) in [7, 11) is -3.22. The number of carbonyl (C=O) groups excluding carboxylic acids is 1. The molecule has 20 heavy (non-hydrogen) atoms. The Kier molecular flexibility index (Phi) is 6.47. The number of sulfonamides is 1. The molecule has 112 valence electrons. The van der Waals surface area contributed by atoms with Gasteiger partial charge in [-0.1, -0.05) is 25.1 Å². The zero-order valence-corrected chi connectivity index (χ0v) is 12.6. The standard InChI is InChI=1S/C13H21N3O3S/c1-3-10-16(20(2,18)19)11-9-14-13(17)15-12-7-5-4-6-8-12/h4-8H,3,9-11H2,1-2H3,(H2,14,15,17). The number of urea groups is 1. The molecule has 0 aliphatic heterocycles. The summed E-state index contributed by atoms with van der Waals surface area (Å²) in [5.41, 5.74) is 0.693. The van der Waals surface area contributed by atoms with Crippen molar-refractivity contribution in [3.05, 3.63) is 30.3 Å². The van der Waals surface area contributed by atoms with Crippen molar-refractivity contribution in [3.8, 4) is 0 Å². The van der Waals surface area contributed by atoms with Gasteiger partial charge >= 0.3 is 6.03 Å². The molecule has 1 rings (SSSR count). The maximum Gasteiger partial charge on any atom is 0.319 e. The van der Waals surface area contributed by atoms with Crippen molar-refractivity contribution in [3.63, 3.8) is 0 Å². The van der Waals surface area contributed by atoms with Gasteiger partial charge in [0.05, 0.1) is 6.26 Å². The Bertz CT molecular complexity index is 517. The Hall–Kier alpha value is -1.60. The molecule has 0 heterocycles. The van der Waals surface area contributed by atoms with Gasteiger partial charge in [0.15, 0.2) is 0 Å². The van der Waals surface area contributed by atoms with Gasteiger partial charge < -0.3 is 10.6 Å². The molecule has 6 nitrogen and oxygen atoms in total. The van der Waals surface area contributed by atoms with E-state index < -0.39 is 10.0 Å². The lowest BCUT2D eigenvalue weighted by atomic mass is 10.3. The smallest absolute Gasteiger partial charge is 0.319 e. The minimum absolute atomic E-state index is 0.270. The van der Waals surface area contributed by atoms with Crippen LogP contribution >= 0.6 is 0 Å². The average molecular weight is 299 g/mol. The number of benzene rings is 1. The molecule has 0 bridgehead atoms. The van der Waals surface area contributed by atoms with Crippen molar-refractivity contribution in [2.75, 3.05) is 31.2 Å². The van der Waals surface area contributed by atoms with E-state index in [2.05, 4.69) is 10.6 Å². The monoisotopic (exact) mass is 299 g/mol. The van der Waals surface area contributed by atoms with Gasteiger partial charge in [0.2, 0.25) is 10.0 Å². The van der Waals surface area contributed by atoms with Gasteiger partial charge in [-0.25, -0.2) is 17.5 Å². The SMILES string of the molecule is CCCN(CCNC(=O)Nc1ccccc1)S(C)(=O)=O. The maximum absolute atomic E-state index is 11.6. The molecular formula is C13H21N3O3S. The minimum atomic E-state index is -3.22. The highest BCUT2D eigenvalue weighted by atomic mass is 32.2. The highest BCUT2D eigenvalue weighted by Gasteiger charge is 2.15. The topological polar surface area (TPSA) is 78.5 Å². The Morgan fingerprint density at radius 1 is 1.20 bits per heavy atom. The van der Waals surface area contributed by atoms with Crippen LogP contribution in [0.2, 0.25) is 0 Å². The van der Waals surface area contributed by atoms with Crippen molar-refractivity contribution in [2.45, 2.75) is 13.3 Å². The second-order valence-electron chi connectivity index (χ2n) is 4.41. The molecular weight excluding hydrogens is 278 g/mol. The molecule has 0 fully saturated rings. The Balaban J connectivity index is 2.37. The van der Waals surface area contributed by atoms with Crippen LogP contribution in [-0.2, 0) is 10.0 Å². The van der Waals surface area contributed by atoms with Gasteiger partial charge in [0, 0.05) is 25.3 Å². The first-order valence-corrected chi connectivity index (χ1v) is 8.33. The first-order chi connectivity index (χ1) is 9.43. The third kappa shape index (κ3) is 6.03. The molecule has 1 aromatic carbocycles. The molecule has 2 N–H and O–H groups in total. The Morgan fingerprint density at radius 2 is 1.85 bits per heavy atom. The van der Waals surface area contributed by atoms with Crippen LogP contribution in [0.4, 0.5) is 10.5 Å². The molecule has 0 atom stereocenters. The van der Waals surface area contributed by atoms with Crippen molar-refractivity contribution >= 4 is 21.7 Å². The van der Waals surface area contributed by atoms with Crippen molar-refractivity contribution < 1.29 is 13.2 Å². The second kappa shape index (κ2) is 7.86. The van der Waals surface area contributed by atoms with Crippen LogP contribution in [0.1, 0.15) is 13.3 Å². The van der Waals surface area contributed by atoms with Crippen LogP contribution in [0.15, 0.2) is 30.3 Å². The summed E-state index contributed by atoms with van der Waals surface area (Å²) in [6.07, 6.45) is 1.91. The number of nitrogens with one attached hydrogen (secondary N) is 2. The van der Waals surface area contributed by atoms with Gasteiger partial charge in [-0.2, -0.15) is 0 Å². The second-order valence-corrected chi connectivity index (χ2v) is 6.39. The summed E-state index contributed by atoms with van der Waals surface area (Å²) in [6, 6.07) is 8.71. The maximum atomic E-state index is 11.6. The van der Waals surface area contributed by atoms with Crippen LogP contribution in [0, 0.1) is 0 Å². The molecule has 0 unspecified atom stereocenters. The van der Waals surface area contributed by atoms with Gasteiger partial charge in [-0.15, -0.1) is 0 Å². The van der Waals surface area contributed by atoms with Gasteiger partial charge in [0.1, 0.15) is 0 Å². The first kappa shape index (κ1) is 16.5. The van der Waals surface area contributed by atoms with E-state index in [1.807, 2.05) is 25.1 Å². The van der Waals surface area contributed by atoms with Crippen molar-refractivity contribution in [1.82, 2.24) is 9.62 Å². The first-order valence-electron chi connectivity index (χ1n) is 6.48. The molecule has 2 amide bonds. The molecule has 0 aliphatic rings. The quantitative estimate of drug-likeness (QED) is 0.800. The lowest BCUT2D eigenvalue weighted by Crippen LogP contribution is -2.39. The minimum Gasteiger partial charge on any atom is -0.337 e. The van der Waals surface area contributed by atoms with Crippen LogP contribution in [-0.4, -0.2) is 44.6 Å². The number of para-hydroxylation sites is 1. The lowest BCUT2D eigenvalue weighted by Gasteiger charge is -2.19. The molecule has 7 heteroatoms. The fraction of sp³-hybridized carbons (Fsp3) is 0.462. The number of hydrogen-bond donors (Lipinski definition) is 2. The van der Waals surface area contributed by atoms with Crippen LogP contribution in [0.3, 0.4) is 0 Å². The normalized spacial score (nSPS) is 11.3. The lowest BCUT2D eigenvalue weighted by molar-refractivity contribution is 0.251. The highest BCUT2D eigenvalue weighted by Crippen LogP contribution is 2.04. The van der Waals surface area contributed by atoms with Gasteiger partial charge in [-0.3, -0.25) is 0 Å². The molecule has 0 saturated heterocycles. The zero-order chi connectivity index (χ0) is 15.0. The number of anilines is 1. The fourth-order valence-corrected chi connectivity index (χ4v) is 2.62. The molecule has 1 aromatic rings. The summed E-state index contributed by atoms with van der Waals surface area (Å²) < 4.78 is 24.3. The predicted octanol–water partition coefficient (Wildman–Crippen LogP) is 1.48. The van der Waals surface area contributed by atoms with E-state index in [4.69, 9.17) is 0 Å². The Morgan fingerprint density at radius 3 is 2.40 bits per heavy atom. The molecule has 0 saturated carbocycles. The van der Waals surface area contributed by atoms with Crippen molar-refractivity contribution in [1.29, 1.82) is 0 Å². The number of nitrogens with zero attached hydrogens (tertiary/aromatic N) is 1. The number of amides is 2. The summed E-state index contributed by atoms with van der Waals surface area (Å²) in [6.45, 7) is 2.91. The van der Waals surface area contributed by atoms with E-state index in [0.717, 1.165) is 6.42 Å². The van der Waals surface area contributed by atoms with Gasteiger partial charge in [0.25, 0.3) is 0 Å². The van der Waals surface area contributed by atoms with Crippen LogP contribution in [0.25, 0.3) is 0 Å². The van der Waals surface area contributed by atoms with Crippen LogP contribution in [0.5, 0.6) is 0 Å². The summed E-state index contributed by atoms with van der Waals surface area (Å²) >= 11 is 0. The summed E-state index contributed by atoms with van der Waals surface area (Å²) in [4.78, 5) is 11.6. The van der Waals surface area contributed by atoms with Gasteiger partial charge in [-0.05, 0) is 18.6 Å². The molecule has 0 aliphatic carbocycles. The van der Waals surface area contributed by atoms with E-state index in [-0.39, 0.29) is 19.1 Å². The van der Waals surface area contributed by atoms with E-state index in [1.165, 1.54) is 10.6 Å². The largest absolute Gasteiger partial charge is 0.337 e. The molecule has 0 radical (unpaired) electrons. The summed E-state index contributed by atoms with van der Waals surface area (Å²) in [5.74, 6) is 0. The number of carbonyl (C=O) groups is 1. The average Bonchev–Trinajstić information content (AvgIpc) is 2.37. The van der Waals surface area contributed by atoms with Crippen molar-refractivity contribution in [2.24, 2.45) is 0 Å².